The second-order valence-corrected chi connectivity index (χ2v) is 2.28. The van der Waals surface area contributed by atoms with Crippen molar-refractivity contribution in [1.29, 1.82) is 0 Å². The highest BCUT2D eigenvalue weighted by Gasteiger charge is 2.42. The molecule has 0 aliphatic rings. The Hall–Kier alpha value is -0.290. The van der Waals surface area contributed by atoms with Gasteiger partial charge in [-0.05, 0) is 13.8 Å². The molecule has 0 unspecified atom stereocenters. The minimum atomic E-state index is -4.36. The quantitative estimate of drug-likeness (QED) is 0.694. The van der Waals surface area contributed by atoms with Gasteiger partial charge >= 0.3 is 6.18 Å². The maximum atomic E-state index is 12.0. The van der Waals surface area contributed by atoms with Crippen molar-refractivity contribution >= 4 is 0 Å². The number of nitrogens with two attached hydrogens (primary N) is 1. The van der Waals surface area contributed by atoms with E-state index in [9.17, 15) is 13.2 Å². The van der Waals surface area contributed by atoms with Crippen molar-refractivity contribution in [1.82, 2.24) is 0 Å². The Labute approximate surface area is 63.5 Å². The van der Waals surface area contributed by atoms with Crippen LogP contribution in [0, 0.1) is 0 Å². The van der Waals surface area contributed by atoms with Crippen molar-refractivity contribution in [2.24, 2.45) is 5.73 Å². The van der Waals surface area contributed by atoms with Crippen LogP contribution >= 0.6 is 0 Å². The number of rotatable bonds is 3. The van der Waals surface area contributed by atoms with Gasteiger partial charge in [0, 0.05) is 12.6 Å². The molecule has 0 fully saturated rings. The standard InChI is InChI=1S/C6H12F3NO/c1-3-11-5(4(2)10)6(7,8)9/h4-5H,3,10H2,1-2H3/t4-,5-/m0/s1. The van der Waals surface area contributed by atoms with Crippen molar-refractivity contribution in [2.75, 3.05) is 6.61 Å². The van der Waals surface area contributed by atoms with Gasteiger partial charge in [-0.2, -0.15) is 13.2 Å². The third-order valence-electron chi connectivity index (χ3n) is 1.15. The van der Waals surface area contributed by atoms with Gasteiger partial charge in [0.05, 0.1) is 0 Å². The Bertz CT molecular complexity index is 113. The Balaban J connectivity index is 4.10. The average Bonchev–Trinajstić information content (AvgIpc) is 1.79. The second kappa shape index (κ2) is 3.92. The molecule has 0 aromatic heterocycles. The predicted molar refractivity (Wildman–Crippen MR) is 35.1 cm³/mol. The number of ether oxygens (including phenoxy) is 1. The molecule has 0 bridgehead atoms. The van der Waals surface area contributed by atoms with Gasteiger partial charge in [-0.25, -0.2) is 0 Å². The molecule has 0 amide bonds. The fraction of sp³-hybridized carbons (Fsp3) is 1.00. The van der Waals surface area contributed by atoms with Gasteiger partial charge in [0.1, 0.15) is 0 Å². The highest BCUT2D eigenvalue weighted by atomic mass is 19.4. The summed E-state index contributed by atoms with van der Waals surface area (Å²) in [6.45, 7) is 2.79. The number of halogens is 3. The Morgan fingerprint density at radius 1 is 1.45 bits per heavy atom. The van der Waals surface area contributed by atoms with Gasteiger partial charge in [-0.1, -0.05) is 0 Å². The lowest BCUT2D eigenvalue weighted by molar-refractivity contribution is -0.223. The number of hydrogen-bond donors (Lipinski definition) is 1. The first-order valence-electron chi connectivity index (χ1n) is 3.33. The molecule has 0 aromatic carbocycles. The average molecular weight is 171 g/mol. The molecule has 5 heteroatoms. The molecule has 68 valence electrons. The molecule has 0 aliphatic heterocycles. The van der Waals surface area contributed by atoms with Crippen molar-refractivity contribution in [2.45, 2.75) is 32.2 Å². The summed E-state index contributed by atoms with van der Waals surface area (Å²) in [6, 6.07) is -1.02. The molecule has 0 spiro atoms. The molecule has 0 aliphatic carbocycles. The monoisotopic (exact) mass is 171 g/mol. The molecule has 11 heavy (non-hydrogen) atoms. The van der Waals surface area contributed by atoms with Crippen LogP contribution < -0.4 is 5.73 Å². The highest BCUT2D eigenvalue weighted by Crippen LogP contribution is 2.24. The predicted octanol–water partition coefficient (Wildman–Crippen LogP) is 1.30. The molecule has 0 saturated heterocycles. The van der Waals surface area contributed by atoms with Crippen LogP contribution in [0.2, 0.25) is 0 Å². The van der Waals surface area contributed by atoms with Gasteiger partial charge in [-0.3, -0.25) is 0 Å². The van der Waals surface area contributed by atoms with Gasteiger partial charge in [0.25, 0.3) is 0 Å². The van der Waals surface area contributed by atoms with Gasteiger partial charge in [0.2, 0.25) is 0 Å². The molecule has 0 heterocycles. The molecule has 2 nitrogen and oxygen atoms in total. The summed E-state index contributed by atoms with van der Waals surface area (Å²) in [4.78, 5) is 0. The van der Waals surface area contributed by atoms with Crippen LogP contribution in [0.3, 0.4) is 0 Å². The minimum absolute atomic E-state index is 0.0196. The van der Waals surface area contributed by atoms with Crippen molar-refractivity contribution in [3.63, 3.8) is 0 Å². The van der Waals surface area contributed by atoms with Crippen LogP contribution in [0.25, 0.3) is 0 Å². The van der Waals surface area contributed by atoms with E-state index in [-0.39, 0.29) is 6.61 Å². The van der Waals surface area contributed by atoms with Crippen LogP contribution in [-0.4, -0.2) is 24.9 Å². The first-order chi connectivity index (χ1) is 4.89. The van der Waals surface area contributed by atoms with Crippen molar-refractivity contribution in [3.8, 4) is 0 Å². The van der Waals surface area contributed by atoms with Crippen LogP contribution in [0.1, 0.15) is 13.8 Å². The maximum Gasteiger partial charge on any atom is 0.416 e. The van der Waals surface area contributed by atoms with E-state index in [0.29, 0.717) is 0 Å². The lowest BCUT2D eigenvalue weighted by Crippen LogP contribution is -2.45. The summed E-state index contributed by atoms with van der Waals surface area (Å²) in [6.07, 6.45) is -6.20. The van der Waals surface area contributed by atoms with Gasteiger partial charge in [0.15, 0.2) is 6.10 Å². The molecule has 0 rings (SSSR count). The molecule has 0 aromatic rings. The number of hydrogen-bond acceptors (Lipinski definition) is 2. The summed E-state index contributed by atoms with van der Waals surface area (Å²) >= 11 is 0. The molecule has 2 N–H and O–H groups in total. The number of alkyl halides is 3. The Kier molecular flexibility index (Phi) is 3.82. The lowest BCUT2D eigenvalue weighted by atomic mass is 10.2. The summed E-state index contributed by atoms with van der Waals surface area (Å²) in [5.74, 6) is 0. The van der Waals surface area contributed by atoms with E-state index < -0.39 is 18.3 Å². The van der Waals surface area contributed by atoms with E-state index in [0.717, 1.165) is 0 Å². The maximum absolute atomic E-state index is 12.0. The normalized spacial score (nSPS) is 18.0. The van der Waals surface area contributed by atoms with Crippen LogP contribution in [0.5, 0.6) is 0 Å². The third kappa shape index (κ3) is 3.57. The van der Waals surface area contributed by atoms with Crippen molar-refractivity contribution in [3.05, 3.63) is 0 Å². The second-order valence-electron chi connectivity index (χ2n) is 2.28. The zero-order chi connectivity index (χ0) is 9.07. The van der Waals surface area contributed by atoms with E-state index in [4.69, 9.17) is 5.73 Å². The third-order valence-corrected chi connectivity index (χ3v) is 1.15. The first kappa shape index (κ1) is 10.7. The van der Waals surface area contributed by atoms with Crippen LogP contribution in [-0.2, 0) is 4.74 Å². The molecular weight excluding hydrogens is 159 g/mol. The fourth-order valence-electron chi connectivity index (χ4n) is 0.724. The van der Waals surface area contributed by atoms with E-state index in [2.05, 4.69) is 4.74 Å². The topological polar surface area (TPSA) is 35.2 Å². The minimum Gasteiger partial charge on any atom is -0.367 e. The highest BCUT2D eigenvalue weighted by molar-refractivity contribution is 4.75. The van der Waals surface area contributed by atoms with Gasteiger partial charge < -0.3 is 10.5 Å². The lowest BCUT2D eigenvalue weighted by Gasteiger charge is -2.22. The largest absolute Gasteiger partial charge is 0.416 e. The summed E-state index contributed by atoms with van der Waals surface area (Å²) in [5, 5.41) is 0. The SMILES string of the molecule is CCO[C@@H]([C@H](C)N)C(F)(F)F. The Morgan fingerprint density at radius 3 is 2.00 bits per heavy atom. The van der Waals surface area contributed by atoms with E-state index in [1.807, 2.05) is 0 Å². The summed E-state index contributed by atoms with van der Waals surface area (Å²) < 4.78 is 40.3. The summed E-state index contributed by atoms with van der Waals surface area (Å²) in [5.41, 5.74) is 5.06. The van der Waals surface area contributed by atoms with Gasteiger partial charge in [-0.15, -0.1) is 0 Å². The molecule has 0 radical (unpaired) electrons. The first-order valence-corrected chi connectivity index (χ1v) is 3.33. The molecule has 2 atom stereocenters. The molecular formula is C6H12F3NO. The Morgan fingerprint density at radius 2 is 1.91 bits per heavy atom. The fourth-order valence-corrected chi connectivity index (χ4v) is 0.724. The smallest absolute Gasteiger partial charge is 0.367 e. The molecule has 0 saturated carbocycles. The van der Waals surface area contributed by atoms with Crippen LogP contribution in [0.4, 0.5) is 13.2 Å². The van der Waals surface area contributed by atoms with Crippen molar-refractivity contribution < 1.29 is 17.9 Å². The van der Waals surface area contributed by atoms with Crippen LogP contribution in [0.15, 0.2) is 0 Å². The zero-order valence-electron chi connectivity index (χ0n) is 6.48. The van der Waals surface area contributed by atoms with E-state index in [1.165, 1.54) is 13.8 Å². The van der Waals surface area contributed by atoms with E-state index in [1.54, 1.807) is 0 Å². The van der Waals surface area contributed by atoms with E-state index >= 15 is 0 Å². The summed E-state index contributed by atoms with van der Waals surface area (Å²) in [7, 11) is 0. The zero-order valence-corrected chi connectivity index (χ0v) is 6.48.